The van der Waals surface area contributed by atoms with Crippen LogP contribution < -0.4 is 5.32 Å². The number of hydrogen-bond donors (Lipinski definition) is 1. The van der Waals surface area contributed by atoms with Gasteiger partial charge in [0.1, 0.15) is 11.6 Å². The minimum atomic E-state index is -0.173. The van der Waals surface area contributed by atoms with Crippen LogP contribution in [0.4, 0.5) is 4.39 Å². The van der Waals surface area contributed by atoms with Gasteiger partial charge in [0, 0.05) is 31.4 Å². The quantitative estimate of drug-likeness (QED) is 0.842. The molecule has 4 heteroatoms. The van der Waals surface area contributed by atoms with Crippen LogP contribution in [0.2, 0.25) is 0 Å². The van der Waals surface area contributed by atoms with E-state index in [4.69, 9.17) is 0 Å². The predicted octanol–water partition coefficient (Wildman–Crippen LogP) is 2.81. The molecule has 1 unspecified atom stereocenters. The third kappa shape index (κ3) is 3.90. The first-order chi connectivity index (χ1) is 9.72. The maximum absolute atomic E-state index is 13.3. The molecule has 1 atom stereocenters. The third-order valence-corrected chi connectivity index (χ3v) is 3.44. The van der Waals surface area contributed by atoms with E-state index in [0.717, 1.165) is 37.3 Å². The van der Waals surface area contributed by atoms with Gasteiger partial charge in [0.05, 0.1) is 0 Å². The van der Waals surface area contributed by atoms with E-state index in [1.165, 1.54) is 6.07 Å². The second-order valence-electron chi connectivity index (χ2n) is 4.92. The number of likely N-dealkylation sites (N-methyl/N-ethyl adjacent to an activating group) is 1. The molecule has 0 spiro atoms. The Morgan fingerprint density at radius 3 is 2.85 bits per heavy atom. The molecule has 20 heavy (non-hydrogen) atoms. The van der Waals surface area contributed by atoms with Crippen LogP contribution in [0.15, 0.2) is 36.7 Å². The van der Waals surface area contributed by atoms with Gasteiger partial charge in [0.25, 0.3) is 0 Å². The van der Waals surface area contributed by atoms with Crippen LogP contribution in [0.5, 0.6) is 0 Å². The Morgan fingerprint density at radius 1 is 1.30 bits per heavy atom. The monoisotopic (exact) mass is 275 g/mol. The third-order valence-electron chi connectivity index (χ3n) is 3.44. The summed E-state index contributed by atoms with van der Waals surface area (Å²) in [6, 6.07) is 7.10. The van der Waals surface area contributed by atoms with E-state index in [0.29, 0.717) is 0 Å². The van der Waals surface area contributed by atoms with Crippen molar-refractivity contribution in [2.75, 3.05) is 6.54 Å². The van der Waals surface area contributed by atoms with Crippen molar-refractivity contribution in [1.29, 1.82) is 0 Å². The first-order valence-electron chi connectivity index (χ1n) is 7.20. The lowest BCUT2D eigenvalue weighted by molar-refractivity contribution is 0.497. The summed E-state index contributed by atoms with van der Waals surface area (Å²) in [4.78, 5) is 4.42. The molecular formula is C16H22FN3. The van der Waals surface area contributed by atoms with Crippen LogP contribution in [-0.4, -0.2) is 22.1 Å². The first kappa shape index (κ1) is 14.7. The lowest BCUT2D eigenvalue weighted by Crippen LogP contribution is -2.34. The number of imidazole rings is 1. The van der Waals surface area contributed by atoms with Crippen molar-refractivity contribution in [1.82, 2.24) is 14.9 Å². The molecule has 0 aliphatic heterocycles. The van der Waals surface area contributed by atoms with Crippen LogP contribution in [0.1, 0.15) is 25.2 Å². The number of aryl methyl sites for hydroxylation is 1. The van der Waals surface area contributed by atoms with Gasteiger partial charge in [0.2, 0.25) is 0 Å². The number of nitrogens with one attached hydrogen (secondary N) is 1. The zero-order valence-corrected chi connectivity index (χ0v) is 12.1. The topological polar surface area (TPSA) is 29.9 Å². The van der Waals surface area contributed by atoms with Gasteiger partial charge in [0.15, 0.2) is 0 Å². The highest BCUT2D eigenvalue weighted by atomic mass is 19.1. The van der Waals surface area contributed by atoms with Crippen molar-refractivity contribution in [2.24, 2.45) is 0 Å². The lowest BCUT2D eigenvalue weighted by Gasteiger charge is -2.18. The Labute approximate surface area is 119 Å². The van der Waals surface area contributed by atoms with Gasteiger partial charge in [-0.05, 0) is 37.6 Å². The van der Waals surface area contributed by atoms with Crippen molar-refractivity contribution in [3.05, 3.63) is 53.9 Å². The molecule has 3 nitrogen and oxygen atoms in total. The number of hydrogen-bond acceptors (Lipinski definition) is 2. The van der Waals surface area contributed by atoms with Gasteiger partial charge in [-0.1, -0.05) is 19.1 Å². The molecule has 0 fully saturated rings. The van der Waals surface area contributed by atoms with E-state index in [2.05, 4.69) is 28.7 Å². The predicted molar refractivity (Wildman–Crippen MR) is 79.2 cm³/mol. The molecule has 0 aliphatic rings. The number of aromatic nitrogens is 2. The molecular weight excluding hydrogens is 253 g/mol. The molecule has 0 radical (unpaired) electrons. The maximum Gasteiger partial charge on any atom is 0.123 e. The minimum absolute atomic E-state index is 0.173. The fourth-order valence-electron chi connectivity index (χ4n) is 2.49. The Bertz CT molecular complexity index is 536. The van der Waals surface area contributed by atoms with Gasteiger partial charge < -0.3 is 9.88 Å². The molecule has 2 rings (SSSR count). The highest BCUT2D eigenvalue weighted by Crippen LogP contribution is 2.10. The van der Waals surface area contributed by atoms with E-state index in [1.54, 1.807) is 12.1 Å². The highest BCUT2D eigenvalue weighted by molar-refractivity contribution is 5.18. The SMILES string of the molecule is CCNC(Cc1cccc(F)c1)Cc1nccn1CC. The zero-order chi connectivity index (χ0) is 14.4. The summed E-state index contributed by atoms with van der Waals surface area (Å²) in [5.41, 5.74) is 1.02. The summed E-state index contributed by atoms with van der Waals surface area (Å²) >= 11 is 0. The minimum Gasteiger partial charge on any atom is -0.335 e. The Balaban J connectivity index is 2.07. The van der Waals surface area contributed by atoms with Crippen molar-refractivity contribution in [2.45, 2.75) is 39.3 Å². The first-order valence-corrected chi connectivity index (χ1v) is 7.20. The van der Waals surface area contributed by atoms with E-state index in [9.17, 15) is 4.39 Å². The average Bonchev–Trinajstić information content (AvgIpc) is 2.86. The molecule has 108 valence electrons. The highest BCUT2D eigenvalue weighted by Gasteiger charge is 2.13. The second kappa shape index (κ2) is 7.20. The van der Waals surface area contributed by atoms with Crippen LogP contribution in [-0.2, 0) is 19.4 Å². The fraction of sp³-hybridized carbons (Fsp3) is 0.438. The van der Waals surface area contributed by atoms with Gasteiger partial charge >= 0.3 is 0 Å². The Kier molecular flexibility index (Phi) is 5.30. The van der Waals surface area contributed by atoms with Crippen LogP contribution in [0.3, 0.4) is 0 Å². The largest absolute Gasteiger partial charge is 0.335 e. The summed E-state index contributed by atoms with van der Waals surface area (Å²) in [6.45, 7) is 6.02. The molecule has 1 aromatic carbocycles. The van der Waals surface area contributed by atoms with Gasteiger partial charge in [-0.25, -0.2) is 9.37 Å². The Morgan fingerprint density at radius 2 is 2.15 bits per heavy atom. The Hall–Kier alpha value is -1.68. The summed E-state index contributed by atoms with van der Waals surface area (Å²) < 4.78 is 15.4. The van der Waals surface area contributed by atoms with Crippen molar-refractivity contribution in [3.63, 3.8) is 0 Å². The van der Waals surface area contributed by atoms with E-state index in [-0.39, 0.29) is 11.9 Å². The van der Waals surface area contributed by atoms with Crippen LogP contribution in [0.25, 0.3) is 0 Å². The number of halogens is 1. The van der Waals surface area contributed by atoms with Crippen molar-refractivity contribution in [3.8, 4) is 0 Å². The van der Waals surface area contributed by atoms with Crippen LogP contribution >= 0.6 is 0 Å². The summed E-state index contributed by atoms with van der Waals surface area (Å²) in [5, 5.41) is 3.46. The van der Waals surface area contributed by atoms with Crippen molar-refractivity contribution >= 4 is 0 Å². The second-order valence-corrected chi connectivity index (χ2v) is 4.92. The summed E-state index contributed by atoms with van der Waals surface area (Å²) in [7, 11) is 0. The number of benzene rings is 1. The summed E-state index contributed by atoms with van der Waals surface area (Å²) in [5.74, 6) is 0.905. The molecule has 1 N–H and O–H groups in total. The van der Waals surface area contributed by atoms with E-state index in [1.807, 2.05) is 18.5 Å². The summed E-state index contributed by atoms with van der Waals surface area (Å²) in [6.07, 6.45) is 5.50. The number of rotatable bonds is 7. The molecule has 0 aliphatic carbocycles. The van der Waals surface area contributed by atoms with Gasteiger partial charge in [-0.15, -0.1) is 0 Å². The molecule has 1 heterocycles. The van der Waals surface area contributed by atoms with Gasteiger partial charge in [-0.3, -0.25) is 0 Å². The van der Waals surface area contributed by atoms with Gasteiger partial charge in [-0.2, -0.15) is 0 Å². The van der Waals surface area contributed by atoms with Crippen LogP contribution in [0, 0.1) is 5.82 Å². The average molecular weight is 275 g/mol. The molecule has 0 bridgehead atoms. The van der Waals surface area contributed by atoms with E-state index >= 15 is 0 Å². The zero-order valence-electron chi connectivity index (χ0n) is 12.1. The maximum atomic E-state index is 13.3. The van der Waals surface area contributed by atoms with E-state index < -0.39 is 0 Å². The number of nitrogens with zero attached hydrogens (tertiary/aromatic N) is 2. The lowest BCUT2D eigenvalue weighted by atomic mass is 10.0. The molecule has 0 saturated carbocycles. The molecule has 1 aromatic heterocycles. The molecule has 0 saturated heterocycles. The molecule has 2 aromatic rings. The normalized spacial score (nSPS) is 12.6. The fourth-order valence-corrected chi connectivity index (χ4v) is 2.49. The molecule has 0 amide bonds. The standard InChI is InChI=1S/C16H22FN3/c1-3-18-15(11-13-6-5-7-14(17)10-13)12-16-19-8-9-20(16)4-2/h5-10,15,18H,3-4,11-12H2,1-2H3. The smallest absolute Gasteiger partial charge is 0.123 e. The van der Waals surface area contributed by atoms with Crippen molar-refractivity contribution < 1.29 is 4.39 Å².